The lowest BCUT2D eigenvalue weighted by Crippen LogP contribution is -2.25. The third kappa shape index (κ3) is 5.34. The lowest BCUT2D eigenvalue weighted by molar-refractivity contribution is 0.0944. The van der Waals surface area contributed by atoms with E-state index in [9.17, 15) is 4.79 Å². The highest BCUT2D eigenvalue weighted by Crippen LogP contribution is 2.22. The molecule has 0 spiro atoms. The van der Waals surface area contributed by atoms with Crippen LogP contribution in [-0.4, -0.2) is 35.2 Å². The van der Waals surface area contributed by atoms with E-state index >= 15 is 0 Å². The monoisotopic (exact) mass is 429 g/mol. The zero-order chi connectivity index (χ0) is 22.2. The molecule has 0 radical (unpaired) electrons. The number of hydrogen-bond donors (Lipinski definition) is 1. The number of carbonyl (C=O) groups excluding carboxylic acids is 1. The Kier molecular flexibility index (Phi) is 7.15. The standard InChI is InChI=1S/C26H27N3O3/c1-2-31-16-6-15-27-26(30)21-9-14-25-24(17-21)28-19-29(25)22-10-12-23(13-11-22)32-18-20-7-4-3-5-8-20/h3-5,7-14,17,19H,2,6,15-16,18H2,1H3,(H,27,30). The van der Waals surface area contributed by atoms with Crippen molar-refractivity contribution in [2.45, 2.75) is 20.0 Å². The molecule has 1 amide bonds. The molecule has 164 valence electrons. The fourth-order valence-electron chi connectivity index (χ4n) is 3.43. The molecule has 6 nitrogen and oxygen atoms in total. The van der Waals surface area contributed by atoms with Crippen LogP contribution in [0, 0.1) is 0 Å². The van der Waals surface area contributed by atoms with Gasteiger partial charge in [-0.05, 0) is 61.4 Å². The van der Waals surface area contributed by atoms with Gasteiger partial charge >= 0.3 is 0 Å². The molecule has 32 heavy (non-hydrogen) atoms. The van der Waals surface area contributed by atoms with Gasteiger partial charge in [0.05, 0.1) is 11.0 Å². The topological polar surface area (TPSA) is 65.4 Å². The molecule has 1 heterocycles. The van der Waals surface area contributed by atoms with Gasteiger partial charge in [0, 0.05) is 31.0 Å². The smallest absolute Gasteiger partial charge is 0.251 e. The normalized spacial score (nSPS) is 10.9. The minimum atomic E-state index is -0.0992. The van der Waals surface area contributed by atoms with Crippen LogP contribution in [0.1, 0.15) is 29.3 Å². The molecule has 3 aromatic carbocycles. The lowest BCUT2D eigenvalue weighted by Gasteiger charge is -2.09. The first-order chi connectivity index (χ1) is 15.7. The number of fused-ring (bicyclic) bond motifs is 1. The van der Waals surface area contributed by atoms with E-state index in [0.717, 1.165) is 34.5 Å². The van der Waals surface area contributed by atoms with Gasteiger partial charge in [-0.15, -0.1) is 0 Å². The highest BCUT2D eigenvalue weighted by Gasteiger charge is 2.10. The van der Waals surface area contributed by atoms with Crippen LogP contribution in [-0.2, 0) is 11.3 Å². The van der Waals surface area contributed by atoms with Crippen LogP contribution in [0.5, 0.6) is 5.75 Å². The summed E-state index contributed by atoms with van der Waals surface area (Å²) in [5, 5.41) is 2.92. The van der Waals surface area contributed by atoms with E-state index in [1.165, 1.54) is 0 Å². The molecule has 0 saturated carbocycles. The van der Waals surface area contributed by atoms with Crippen molar-refractivity contribution in [1.82, 2.24) is 14.9 Å². The van der Waals surface area contributed by atoms with Crippen molar-refractivity contribution < 1.29 is 14.3 Å². The second-order valence-electron chi connectivity index (χ2n) is 7.39. The summed E-state index contributed by atoms with van der Waals surface area (Å²) in [5.41, 5.74) is 4.43. The van der Waals surface area contributed by atoms with Crippen molar-refractivity contribution >= 4 is 16.9 Å². The van der Waals surface area contributed by atoms with E-state index in [1.54, 1.807) is 6.33 Å². The minimum absolute atomic E-state index is 0.0992. The number of nitrogens with zero attached hydrogens (tertiary/aromatic N) is 2. The Morgan fingerprint density at radius 2 is 1.84 bits per heavy atom. The molecule has 0 aliphatic carbocycles. The zero-order valence-electron chi connectivity index (χ0n) is 18.2. The molecule has 0 fully saturated rings. The fraction of sp³-hybridized carbons (Fsp3) is 0.231. The summed E-state index contributed by atoms with van der Waals surface area (Å²) in [5.74, 6) is 0.711. The van der Waals surface area contributed by atoms with Crippen molar-refractivity contribution in [3.63, 3.8) is 0 Å². The predicted molar refractivity (Wildman–Crippen MR) is 125 cm³/mol. The van der Waals surface area contributed by atoms with Crippen LogP contribution in [0.3, 0.4) is 0 Å². The van der Waals surface area contributed by atoms with Gasteiger partial charge in [-0.3, -0.25) is 9.36 Å². The highest BCUT2D eigenvalue weighted by molar-refractivity contribution is 5.97. The molecule has 0 unspecified atom stereocenters. The molecular formula is C26H27N3O3. The number of benzene rings is 3. The molecular weight excluding hydrogens is 402 g/mol. The van der Waals surface area contributed by atoms with Crippen molar-refractivity contribution in [1.29, 1.82) is 0 Å². The molecule has 0 aliphatic rings. The Morgan fingerprint density at radius 3 is 2.62 bits per heavy atom. The van der Waals surface area contributed by atoms with Gasteiger partial charge in [-0.25, -0.2) is 4.98 Å². The summed E-state index contributed by atoms with van der Waals surface area (Å²) in [6.45, 7) is 4.42. The van der Waals surface area contributed by atoms with E-state index in [0.29, 0.717) is 31.9 Å². The second kappa shape index (κ2) is 10.6. The van der Waals surface area contributed by atoms with Crippen LogP contribution < -0.4 is 10.1 Å². The maximum Gasteiger partial charge on any atom is 0.251 e. The Hall–Kier alpha value is -3.64. The lowest BCUT2D eigenvalue weighted by atomic mass is 10.2. The molecule has 6 heteroatoms. The fourth-order valence-corrected chi connectivity index (χ4v) is 3.43. The molecule has 4 rings (SSSR count). The second-order valence-corrected chi connectivity index (χ2v) is 7.39. The van der Waals surface area contributed by atoms with E-state index in [1.807, 2.05) is 84.3 Å². The summed E-state index contributed by atoms with van der Waals surface area (Å²) in [7, 11) is 0. The first-order valence-electron chi connectivity index (χ1n) is 10.8. The zero-order valence-corrected chi connectivity index (χ0v) is 18.2. The van der Waals surface area contributed by atoms with Crippen LogP contribution in [0.25, 0.3) is 16.7 Å². The van der Waals surface area contributed by atoms with Crippen molar-refractivity contribution in [3.8, 4) is 11.4 Å². The summed E-state index contributed by atoms with van der Waals surface area (Å²) in [6, 6.07) is 23.6. The third-order valence-electron chi connectivity index (χ3n) is 5.13. The predicted octanol–water partition coefficient (Wildman–Crippen LogP) is 4.76. The van der Waals surface area contributed by atoms with Crippen LogP contribution in [0.2, 0.25) is 0 Å². The number of amides is 1. The van der Waals surface area contributed by atoms with Crippen LogP contribution in [0.4, 0.5) is 0 Å². The van der Waals surface area contributed by atoms with Gasteiger partial charge in [0.1, 0.15) is 18.7 Å². The first-order valence-corrected chi connectivity index (χ1v) is 10.8. The molecule has 0 aliphatic heterocycles. The van der Waals surface area contributed by atoms with Crippen molar-refractivity contribution in [3.05, 3.63) is 90.3 Å². The Labute approximate surface area is 187 Å². The van der Waals surface area contributed by atoms with Gasteiger partial charge in [0.15, 0.2) is 0 Å². The average Bonchev–Trinajstić information content (AvgIpc) is 3.27. The number of imidazole rings is 1. The van der Waals surface area contributed by atoms with Gasteiger partial charge in [-0.2, -0.15) is 0 Å². The Morgan fingerprint density at radius 1 is 1.03 bits per heavy atom. The maximum atomic E-state index is 12.4. The summed E-state index contributed by atoms with van der Waals surface area (Å²) < 4.78 is 13.2. The van der Waals surface area contributed by atoms with Crippen molar-refractivity contribution in [2.75, 3.05) is 19.8 Å². The van der Waals surface area contributed by atoms with E-state index in [2.05, 4.69) is 10.3 Å². The minimum Gasteiger partial charge on any atom is -0.489 e. The Balaban J connectivity index is 1.40. The number of nitrogens with one attached hydrogen (secondary N) is 1. The highest BCUT2D eigenvalue weighted by atomic mass is 16.5. The van der Waals surface area contributed by atoms with Gasteiger partial charge < -0.3 is 14.8 Å². The van der Waals surface area contributed by atoms with Gasteiger partial charge in [0.25, 0.3) is 5.91 Å². The first kappa shape index (κ1) is 21.6. The van der Waals surface area contributed by atoms with E-state index in [-0.39, 0.29) is 5.91 Å². The molecule has 1 aromatic heterocycles. The van der Waals surface area contributed by atoms with Gasteiger partial charge in [-0.1, -0.05) is 30.3 Å². The summed E-state index contributed by atoms with van der Waals surface area (Å²) in [4.78, 5) is 16.9. The number of hydrogen-bond acceptors (Lipinski definition) is 4. The number of rotatable bonds is 10. The summed E-state index contributed by atoms with van der Waals surface area (Å²) >= 11 is 0. The maximum absolute atomic E-state index is 12.4. The largest absolute Gasteiger partial charge is 0.489 e. The third-order valence-corrected chi connectivity index (χ3v) is 5.13. The average molecular weight is 430 g/mol. The Bertz CT molecular complexity index is 1150. The number of carbonyl (C=O) groups is 1. The molecule has 0 saturated heterocycles. The molecule has 1 N–H and O–H groups in total. The van der Waals surface area contributed by atoms with E-state index < -0.39 is 0 Å². The van der Waals surface area contributed by atoms with Gasteiger partial charge in [0.2, 0.25) is 0 Å². The quantitative estimate of drug-likeness (QED) is 0.369. The van der Waals surface area contributed by atoms with Crippen molar-refractivity contribution in [2.24, 2.45) is 0 Å². The van der Waals surface area contributed by atoms with Crippen LogP contribution >= 0.6 is 0 Å². The SMILES string of the molecule is CCOCCCNC(=O)c1ccc2c(c1)ncn2-c1ccc(OCc2ccccc2)cc1. The molecule has 4 aromatic rings. The van der Waals surface area contributed by atoms with E-state index in [4.69, 9.17) is 9.47 Å². The summed E-state index contributed by atoms with van der Waals surface area (Å²) in [6.07, 6.45) is 2.57. The number of ether oxygens (including phenoxy) is 2. The molecule has 0 atom stereocenters. The van der Waals surface area contributed by atoms with Crippen LogP contribution in [0.15, 0.2) is 79.1 Å². The molecule has 0 bridgehead atoms. The number of aromatic nitrogens is 2.